The Labute approximate surface area is 204 Å². The van der Waals surface area contributed by atoms with Crippen molar-refractivity contribution in [3.05, 3.63) is 36.2 Å². The maximum Gasteiger partial charge on any atom is 0.410 e. The summed E-state index contributed by atoms with van der Waals surface area (Å²) < 4.78 is 11.4. The van der Waals surface area contributed by atoms with E-state index in [0.717, 1.165) is 29.2 Å². The number of amides is 4. The van der Waals surface area contributed by atoms with Crippen LogP contribution in [0.1, 0.15) is 45.6 Å². The topological polar surface area (TPSA) is 101 Å². The molecule has 1 aromatic heterocycles. The highest BCUT2D eigenvalue weighted by Gasteiger charge is 2.27. The Bertz CT molecular complexity index is 1190. The quantitative estimate of drug-likeness (QED) is 0.678. The van der Waals surface area contributed by atoms with E-state index in [1.807, 2.05) is 39.0 Å². The first kappa shape index (κ1) is 24.5. The first-order valence-electron chi connectivity index (χ1n) is 11.8. The number of nitrogens with one attached hydrogen (secondary N) is 1. The number of rotatable bonds is 3. The normalized spacial score (nSPS) is 17.1. The second-order valence-electron chi connectivity index (χ2n) is 9.59. The van der Waals surface area contributed by atoms with E-state index in [0.29, 0.717) is 25.3 Å². The van der Waals surface area contributed by atoms with Gasteiger partial charge in [0.1, 0.15) is 12.2 Å². The van der Waals surface area contributed by atoms with Crippen LogP contribution in [-0.2, 0) is 14.3 Å². The van der Waals surface area contributed by atoms with Gasteiger partial charge >= 0.3 is 12.1 Å². The standard InChI is InChI=1S/C26H30N4O5/c1-26(2,3)35-25(33)29-12-9-19(10-13-29)34-15-5-7-18-6-4-8-20-21(18)16-27-17-22(20)30-14-11-23(31)28-24(30)32/h4,6,8,16-17,19H,9-15H2,1-3H3,(H,28,31,32). The number of hydrogen-bond donors (Lipinski definition) is 1. The van der Waals surface area contributed by atoms with Crippen molar-refractivity contribution in [3.8, 4) is 11.8 Å². The summed E-state index contributed by atoms with van der Waals surface area (Å²) in [5, 5.41) is 4.01. The minimum atomic E-state index is -0.503. The number of anilines is 1. The van der Waals surface area contributed by atoms with Crippen LogP contribution in [0.5, 0.6) is 0 Å². The number of carbonyl (C=O) groups is 3. The summed E-state index contributed by atoms with van der Waals surface area (Å²) in [6, 6.07) is 5.25. The Balaban J connectivity index is 1.37. The van der Waals surface area contributed by atoms with Crippen molar-refractivity contribution >= 4 is 34.5 Å². The summed E-state index contributed by atoms with van der Waals surface area (Å²) >= 11 is 0. The zero-order chi connectivity index (χ0) is 25.0. The molecule has 35 heavy (non-hydrogen) atoms. The SMILES string of the molecule is CC(C)(C)OC(=O)N1CCC(OCC#Cc2cccc3c(N4CCC(=O)NC4=O)cncc23)CC1. The number of hydrogen-bond acceptors (Lipinski definition) is 6. The number of piperidine rings is 1. The molecule has 9 heteroatoms. The maximum atomic E-state index is 12.3. The molecular formula is C26H30N4O5. The third-order valence-electron chi connectivity index (χ3n) is 5.84. The summed E-state index contributed by atoms with van der Waals surface area (Å²) in [5.74, 6) is 5.96. The molecule has 3 heterocycles. The highest BCUT2D eigenvalue weighted by atomic mass is 16.6. The number of ether oxygens (including phenoxy) is 2. The number of likely N-dealkylation sites (tertiary alicyclic amines) is 1. The Kier molecular flexibility index (Phi) is 7.22. The molecule has 1 aromatic carbocycles. The van der Waals surface area contributed by atoms with Gasteiger partial charge in [-0.3, -0.25) is 20.0 Å². The molecule has 0 atom stereocenters. The van der Waals surface area contributed by atoms with E-state index in [1.165, 1.54) is 4.90 Å². The summed E-state index contributed by atoms with van der Waals surface area (Å²) in [6.45, 7) is 7.36. The Morgan fingerprint density at radius 2 is 1.91 bits per heavy atom. The van der Waals surface area contributed by atoms with Gasteiger partial charge < -0.3 is 14.4 Å². The van der Waals surface area contributed by atoms with Crippen molar-refractivity contribution in [2.75, 3.05) is 31.1 Å². The molecule has 2 aliphatic heterocycles. The first-order chi connectivity index (χ1) is 16.7. The van der Waals surface area contributed by atoms with Crippen LogP contribution in [0.2, 0.25) is 0 Å². The molecule has 4 amide bonds. The van der Waals surface area contributed by atoms with Crippen molar-refractivity contribution in [2.24, 2.45) is 0 Å². The summed E-state index contributed by atoms with van der Waals surface area (Å²) in [7, 11) is 0. The van der Waals surface area contributed by atoms with Crippen molar-refractivity contribution in [3.63, 3.8) is 0 Å². The van der Waals surface area contributed by atoms with Gasteiger partial charge in [0.05, 0.1) is 18.0 Å². The van der Waals surface area contributed by atoms with Crippen LogP contribution in [-0.4, -0.2) is 65.9 Å². The van der Waals surface area contributed by atoms with Gasteiger partial charge in [0, 0.05) is 48.6 Å². The van der Waals surface area contributed by atoms with Crippen molar-refractivity contribution in [2.45, 2.75) is 51.7 Å². The lowest BCUT2D eigenvalue weighted by Gasteiger charge is -2.33. The number of urea groups is 1. The molecule has 2 fully saturated rings. The van der Waals surface area contributed by atoms with Gasteiger partial charge in [-0.25, -0.2) is 9.59 Å². The molecule has 2 saturated heterocycles. The Morgan fingerprint density at radius 1 is 1.14 bits per heavy atom. The first-order valence-corrected chi connectivity index (χ1v) is 11.8. The van der Waals surface area contributed by atoms with Crippen LogP contribution in [0, 0.1) is 11.8 Å². The predicted octanol–water partition coefficient (Wildman–Crippen LogP) is 3.45. The van der Waals surface area contributed by atoms with Gasteiger partial charge in [-0.1, -0.05) is 24.0 Å². The number of pyridine rings is 1. The molecule has 184 valence electrons. The minimum absolute atomic E-state index is 0.0455. The lowest BCUT2D eigenvalue weighted by Crippen LogP contribution is -2.49. The van der Waals surface area contributed by atoms with Gasteiger partial charge in [0.25, 0.3) is 0 Å². The molecule has 0 spiro atoms. The summed E-state index contributed by atoms with van der Waals surface area (Å²) in [5.41, 5.74) is 0.926. The second-order valence-corrected chi connectivity index (χ2v) is 9.59. The fourth-order valence-electron chi connectivity index (χ4n) is 4.12. The van der Waals surface area contributed by atoms with Crippen molar-refractivity contribution in [1.29, 1.82) is 0 Å². The summed E-state index contributed by atoms with van der Waals surface area (Å²) in [4.78, 5) is 43.5. The molecule has 2 aliphatic rings. The smallest absolute Gasteiger partial charge is 0.410 e. The van der Waals surface area contributed by atoms with Gasteiger partial charge in [0.15, 0.2) is 0 Å². The minimum Gasteiger partial charge on any atom is -0.444 e. The van der Waals surface area contributed by atoms with E-state index in [4.69, 9.17) is 9.47 Å². The molecular weight excluding hydrogens is 448 g/mol. The van der Waals surface area contributed by atoms with E-state index in [-0.39, 0.29) is 31.1 Å². The average Bonchev–Trinajstić information content (AvgIpc) is 2.81. The van der Waals surface area contributed by atoms with Crippen LogP contribution in [0.3, 0.4) is 0 Å². The highest BCUT2D eigenvalue weighted by Crippen LogP contribution is 2.28. The second kappa shape index (κ2) is 10.3. The highest BCUT2D eigenvalue weighted by molar-refractivity contribution is 6.10. The molecule has 2 aromatic rings. The molecule has 0 aliphatic carbocycles. The van der Waals surface area contributed by atoms with Crippen LogP contribution < -0.4 is 10.2 Å². The zero-order valence-electron chi connectivity index (χ0n) is 20.3. The average molecular weight is 479 g/mol. The maximum absolute atomic E-state index is 12.3. The van der Waals surface area contributed by atoms with Crippen molar-refractivity contribution in [1.82, 2.24) is 15.2 Å². The van der Waals surface area contributed by atoms with Crippen molar-refractivity contribution < 1.29 is 23.9 Å². The molecule has 1 N–H and O–H groups in total. The Morgan fingerprint density at radius 3 is 2.63 bits per heavy atom. The number of fused-ring (bicyclic) bond motifs is 1. The van der Waals surface area contributed by atoms with Crippen LogP contribution in [0.25, 0.3) is 10.8 Å². The molecule has 4 rings (SSSR count). The van der Waals surface area contributed by atoms with Gasteiger partial charge in [-0.2, -0.15) is 0 Å². The predicted molar refractivity (Wildman–Crippen MR) is 131 cm³/mol. The number of nitrogens with zero attached hydrogens (tertiary/aromatic N) is 3. The third-order valence-corrected chi connectivity index (χ3v) is 5.84. The third kappa shape index (κ3) is 6.08. The van der Waals surface area contributed by atoms with E-state index in [2.05, 4.69) is 22.1 Å². The van der Waals surface area contributed by atoms with E-state index < -0.39 is 11.6 Å². The van der Waals surface area contributed by atoms with Crippen LogP contribution >= 0.6 is 0 Å². The molecule has 0 saturated carbocycles. The fourth-order valence-corrected chi connectivity index (χ4v) is 4.12. The fraction of sp³-hybridized carbons (Fsp3) is 0.462. The van der Waals surface area contributed by atoms with Gasteiger partial charge in [-0.15, -0.1) is 0 Å². The summed E-state index contributed by atoms with van der Waals surface area (Å²) in [6.07, 6.45) is 4.84. The lowest BCUT2D eigenvalue weighted by atomic mass is 10.0. The monoisotopic (exact) mass is 478 g/mol. The number of imide groups is 1. The number of aromatic nitrogens is 1. The van der Waals surface area contributed by atoms with Crippen LogP contribution in [0.4, 0.5) is 15.3 Å². The molecule has 9 nitrogen and oxygen atoms in total. The molecule has 0 radical (unpaired) electrons. The van der Waals surface area contributed by atoms with E-state index in [9.17, 15) is 14.4 Å². The molecule has 0 bridgehead atoms. The molecule has 0 unspecified atom stereocenters. The number of carbonyl (C=O) groups excluding carboxylic acids is 3. The number of benzene rings is 1. The van der Waals surface area contributed by atoms with Crippen LogP contribution in [0.15, 0.2) is 30.6 Å². The van der Waals surface area contributed by atoms with Gasteiger partial charge in [-0.05, 0) is 39.7 Å². The van der Waals surface area contributed by atoms with E-state index in [1.54, 1.807) is 17.3 Å². The van der Waals surface area contributed by atoms with Gasteiger partial charge in [0.2, 0.25) is 5.91 Å². The van der Waals surface area contributed by atoms with E-state index >= 15 is 0 Å². The lowest BCUT2D eigenvalue weighted by molar-refractivity contribution is -0.120. The Hall–Kier alpha value is -3.64. The zero-order valence-corrected chi connectivity index (χ0v) is 20.3. The largest absolute Gasteiger partial charge is 0.444 e.